The zero-order valence-electron chi connectivity index (χ0n) is 9.57. The lowest BCUT2D eigenvalue weighted by atomic mass is 10.0. The van der Waals surface area contributed by atoms with Crippen molar-refractivity contribution in [3.05, 3.63) is 0 Å². The molecule has 0 aliphatic carbocycles. The van der Waals surface area contributed by atoms with E-state index < -0.39 is 20.8 Å². The van der Waals surface area contributed by atoms with Crippen molar-refractivity contribution < 1.29 is 12.6 Å². The summed E-state index contributed by atoms with van der Waals surface area (Å²) in [6.07, 6.45) is 3.41. The van der Waals surface area contributed by atoms with Crippen LogP contribution in [0.25, 0.3) is 0 Å². The van der Waals surface area contributed by atoms with E-state index in [1.165, 1.54) is 0 Å². The van der Waals surface area contributed by atoms with Crippen molar-refractivity contribution in [2.24, 2.45) is 5.92 Å². The third kappa shape index (κ3) is 5.93. The summed E-state index contributed by atoms with van der Waals surface area (Å²) in [7, 11) is -4.13. The largest absolute Gasteiger partial charge is 0.317 e. The van der Waals surface area contributed by atoms with Gasteiger partial charge in [-0.15, -0.1) is 0 Å². The second-order valence-electron chi connectivity index (χ2n) is 4.15. The lowest BCUT2D eigenvalue weighted by Crippen LogP contribution is -2.36. The number of rotatable bonds is 6. The zero-order chi connectivity index (χ0) is 12.0. The first-order valence-electron chi connectivity index (χ1n) is 5.48. The monoisotopic (exact) mass is 268 g/mol. The highest BCUT2D eigenvalue weighted by molar-refractivity contribution is 7.89. The van der Waals surface area contributed by atoms with Gasteiger partial charge in [-0.3, -0.25) is 4.21 Å². The third-order valence-corrected chi connectivity index (χ3v) is 4.96. The summed E-state index contributed by atoms with van der Waals surface area (Å²) in [4.78, 5) is 0. The fraction of sp³-hybridized carbons (Fsp3) is 1.00. The first kappa shape index (κ1) is 14.1. The third-order valence-electron chi connectivity index (χ3n) is 2.63. The second-order valence-corrected chi connectivity index (χ2v) is 7.55. The highest BCUT2D eigenvalue weighted by atomic mass is 32.2. The van der Waals surface area contributed by atoms with Crippen molar-refractivity contribution in [1.29, 1.82) is 0 Å². The average Bonchev–Trinajstić information content (AvgIpc) is 2.17. The van der Waals surface area contributed by atoms with Gasteiger partial charge in [0, 0.05) is 29.4 Å². The summed E-state index contributed by atoms with van der Waals surface area (Å²) < 4.78 is 36.6. The van der Waals surface area contributed by atoms with Crippen LogP contribution in [0.4, 0.5) is 0 Å². The van der Waals surface area contributed by atoms with Gasteiger partial charge in [0.05, 0.1) is 5.75 Å². The van der Waals surface area contributed by atoms with Crippen LogP contribution in [0.3, 0.4) is 0 Å². The number of hydrogen-bond acceptors (Lipinski definition) is 4. The first-order valence-corrected chi connectivity index (χ1v) is 8.85. The lowest BCUT2D eigenvalue weighted by Gasteiger charge is -2.22. The van der Waals surface area contributed by atoms with Crippen LogP contribution in [0.5, 0.6) is 0 Å². The Balaban J connectivity index is 2.29. The molecular formula is C9H20N2O3S2. The Labute approximate surface area is 99.9 Å². The maximum atomic E-state index is 11.6. The molecule has 0 aromatic carbocycles. The summed E-state index contributed by atoms with van der Waals surface area (Å²) in [6.45, 7) is 2.08. The highest BCUT2D eigenvalue weighted by Gasteiger charge is 2.20. The summed E-state index contributed by atoms with van der Waals surface area (Å²) in [5, 5.41) is 3.20. The van der Waals surface area contributed by atoms with Gasteiger partial charge in [0.25, 0.3) is 0 Å². The van der Waals surface area contributed by atoms with Crippen LogP contribution < -0.4 is 10.0 Å². The Kier molecular flexibility index (Phi) is 5.88. The van der Waals surface area contributed by atoms with Gasteiger partial charge in [-0.05, 0) is 31.8 Å². The number of sulfonamides is 1. The van der Waals surface area contributed by atoms with E-state index in [0.29, 0.717) is 5.75 Å². The number of nitrogens with one attached hydrogen (secondary N) is 2. The molecule has 5 nitrogen and oxygen atoms in total. The summed E-state index contributed by atoms with van der Waals surface area (Å²) in [5.74, 6) is 0.835. The molecule has 1 aliphatic heterocycles. The van der Waals surface area contributed by atoms with Gasteiger partial charge >= 0.3 is 0 Å². The minimum atomic E-state index is -3.19. The molecule has 0 bridgehead atoms. The maximum absolute atomic E-state index is 11.6. The molecule has 1 rings (SSSR count). The van der Waals surface area contributed by atoms with Crippen LogP contribution in [0.2, 0.25) is 0 Å². The molecule has 1 atom stereocenters. The molecule has 1 aliphatic rings. The predicted octanol–water partition coefficient (Wildman–Crippen LogP) is -0.716. The van der Waals surface area contributed by atoms with E-state index in [-0.39, 0.29) is 18.2 Å². The normalized spacial score (nSPS) is 20.8. The van der Waals surface area contributed by atoms with E-state index in [1.807, 2.05) is 0 Å². The average molecular weight is 268 g/mol. The second kappa shape index (κ2) is 6.68. The van der Waals surface area contributed by atoms with E-state index in [0.717, 1.165) is 25.9 Å². The van der Waals surface area contributed by atoms with Gasteiger partial charge in [-0.25, -0.2) is 13.1 Å². The van der Waals surface area contributed by atoms with Crippen LogP contribution in [-0.2, 0) is 20.8 Å². The summed E-state index contributed by atoms with van der Waals surface area (Å²) in [5.41, 5.74) is 0. The van der Waals surface area contributed by atoms with E-state index in [4.69, 9.17) is 0 Å². The smallest absolute Gasteiger partial charge is 0.211 e. The quantitative estimate of drug-likeness (QED) is 0.667. The molecular weight excluding hydrogens is 248 g/mol. The molecule has 0 amide bonds. The van der Waals surface area contributed by atoms with Gasteiger partial charge in [0.1, 0.15) is 0 Å². The van der Waals surface area contributed by atoms with Gasteiger partial charge in [-0.1, -0.05) is 0 Å². The topological polar surface area (TPSA) is 75.3 Å². The van der Waals surface area contributed by atoms with Crippen molar-refractivity contribution in [1.82, 2.24) is 10.0 Å². The minimum Gasteiger partial charge on any atom is -0.317 e. The standard InChI is InChI=1S/C9H20N2O3S2/c1-15(12)7-6-11-16(13,14)8-9-2-4-10-5-3-9/h9-11H,2-8H2,1H3. The van der Waals surface area contributed by atoms with Crippen LogP contribution in [0.1, 0.15) is 12.8 Å². The Hall–Kier alpha value is 0.0200. The predicted molar refractivity (Wildman–Crippen MR) is 66.3 cm³/mol. The van der Waals surface area contributed by atoms with Crippen molar-refractivity contribution in [3.8, 4) is 0 Å². The van der Waals surface area contributed by atoms with E-state index in [9.17, 15) is 12.6 Å². The molecule has 1 unspecified atom stereocenters. The molecule has 0 aromatic heterocycles. The number of piperidine rings is 1. The Morgan fingerprint density at radius 1 is 1.38 bits per heavy atom. The summed E-state index contributed by atoms with van der Waals surface area (Å²) >= 11 is 0. The van der Waals surface area contributed by atoms with Gasteiger partial charge < -0.3 is 5.32 Å². The molecule has 0 saturated carbocycles. The fourth-order valence-electron chi connectivity index (χ4n) is 1.76. The van der Waals surface area contributed by atoms with E-state index in [1.54, 1.807) is 6.26 Å². The van der Waals surface area contributed by atoms with E-state index in [2.05, 4.69) is 10.0 Å². The Morgan fingerprint density at radius 3 is 2.56 bits per heavy atom. The molecule has 0 spiro atoms. The van der Waals surface area contributed by atoms with Crippen molar-refractivity contribution in [3.63, 3.8) is 0 Å². The molecule has 2 N–H and O–H groups in total. The lowest BCUT2D eigenvalue weighted by molar-refractivity contribution is 0.400. The van der Waals surface area contributed by atoms with Crippen molar-refractivity contribution in [2.75, 3.05) is 37.4 Å². The highest BCUT2D eigenvalue weighted by Crippen LogP contribution is 2.13. The van der Waals surface area contributed by atoms with Crippen LogP contribution in [-0.4, -0.2) is 50.0 Å². The number of hydrogen-bond donors (Lipinski definition) is 2. The van der Waals surface area contributed by atoms with Crippen LogP contribution in [0, 0.1) is 5.92 Å². The molecule has 7 heteroatoms. The van der Waals surface area contributed by atoms with E-state index >= 15 is 0 Å². The molecule has 1 heterocycles. The molecule has 0 radical (unpaired) electrons. The minimum absolute atomic E-state index is 0.199. The molecule has 1 saturated heterocycles. The van der Waals surface area contributed by atoms with Gasteiger partial charge in [-0.2, -0.15) is 0 Å². The van der Waals surface area contributed by atoms with Crippen LogP contribution in [0.15, 0.2) is 0 Å². The Morgan fingerprint density at radius 2 is 2.00 bits per heavy atom. The SMILES string of the molecule is CS(=O)CCNS(=O)(=O)CC1CCNCC1. The van der Waals surface area contributed by atoms with Crippen LogP contribution >= 0.6 is 0 Å². The van der Waals surface area contributed by atoms with Crippen molar-refractivity contribution in [2.45, 2.75) is 12.8 Å². The van der Waals surface area contributed by atoms with Gasteiger partial charge in [0.15, 0.2) is 0 Å². The Bertz CT molecular complexity index is 324. The molecule has 0 aromatic rings. The molecule has 1 fully saturated rings. The van der Waals surface area contributed by atoms with Gasteiger partial charge in [0.2, 0.25) is 10.0 Å². The zero-order valence-corrected chi connectivity index (χ0v) is 11.2. The van der Waals surface area contributed by atoms with Crippen molar-refractivity contribution >= 4 is 20.8 Å². The summed E-state index contributed by atoms with van der Waals surface area (Å²) in [6, 6.07) is 0. The fourth-order valence-corrected chi connectivity index (χ4v) is 3.76. The maximum Gasteiger partial charge on any atom is 0.211 e. The first-order chi connectivity index (χ1) is 7.49. The molecule has 96 valence electrons. The molecule has 16 heavy (non-hydrogen) atoms.